The summed E-state index contributed by atoms with van der Waals surface area (Å²) in [6, 6.07) is 0. The molecule has 0 rings (SSSR count). The van der Waals surface area contributed by atoms with Gasteiger partial charge in [-0.3, -0.25) is 14.4 Å². The largest absolute Gasteiger partial charge is 0.462 e. The molecule has 6 heteroatoms. The zero-order chi connectivity index (χ0) is 43.0. The zero-order valence-corrected chi connectivity index (χ0v) is 37.5. The number of allylic oxidation sites excluding steroid dienone is 20. The molecule has 0 radical (unpaired) electrons. The van der Waals surface area contributed by atoms with Crippen LogP contribution in [0.5, 0.6) is 0 Å². The van der Waals surface area contributed by atoms with E-state index in [1.165, 1.54) is 12.8 Å². The summed E-state index contributed by atoms with van der Waals surface area (Å²) in [5, 5.41) is 0. The fourth-order valence-corrected chi connectivity index (χ4v) is 5.68. The van der Waals surface area contributed by atoms with Crippen molar-refractivity contribution >= 4 is 17.9 Å². The first-order valence-corrected chi connectivity index (χ1v) is 23.1. The molecule has 59 heavy (non-hydrogen) atoms. The van der Waals surface area contributed by atoms with Gasteiger partial charge in [-0.1, -0.05) is 194 Å². The molecule has 0 aromatic heterocycles. The van der Waals surface area contributed by atoms with Crippen molar-refractivity contribution in [3.63, 3.8) is 0 Å². The fourth-order valence-electron chi connectivity index (χ4n) is 5.68. The lowest BCUT2D eigenvalue weighted by molar-refractivity contribution is -0.167. The van der Waals surface area contributed by atoms with Crippen molar-refractivity contribution in [3.05, 3.63) is 122 Å². The molecule has 0 aliphatic rings. The number of carbonyl (C=O) groups excluding carboxylic acids is 3. The quantitative estimate of drug-likeness (QED) is 0.0202. The van der Waals surface area contributed by atoms with E-state index in [1.54, 1.807) is 0 Å². The number of rotatable bonds is 39. The van der Waals surface area contributed by atoms with Crippen LogP contribution < -0.4 is 0 Å². The molecule has 1 unspecified atom stereocenters. The van der Waals surface area contributed by atoms with Crippen molar-refractivity contribution < 1.29 is 28.6 Å². The average molecular weight is 815 g/mol. The molecule has 0 aromatic carbocycles. The standard InChI is InChI=1S/C53H82O6/c1-4-7-10-13-16-19-22-24-25-26-27-28-29-30-32-34-37-40-43-46-52(55)58-49-50(48-57-51(54)45-42-39-36-33-21-18-15-12-9-6-3)59-53(56)47-44-41-38-35-31-23-20-17-14-11-8-5-2/h7-8,10-11,13,15-20,22,24-30,32,50H,4-6,9,12,14,21,23,31,33-49H2,1-3H3/b10-7-,11-8-,16-13-,18-15-,20-17-,22-19-,25-24-,27-26+,29-28-,32-30-. The van der Waals surface area contributed by atoms with E-state index in [9.17, 15) is 14.4 Å². The molecular weight excluding hydrogens is 733 g/mol. The van der Waals surface area contributed by atoms with Crippen LogP contribution in [-0.2, 0) is 28.6 Å². The first kappa shape index (κ1) is 54.8. The van der Waals surface area contributed by atoms with E-state index in [1.807, 2.05) is 72.9 Å². The molecule has 0 N–H and O–H groups in total. The topological polar surface area (TPSA) is 78.9 Å². The molecule has 0 fully saturated rings. The SMILES string of the molecule is CC\C=C/C=C\C=C/C=C\C=C\C=C/C=C\CCCCCC(=O)OCC(COC(=O)CCCCCC/C=C\CCCC)OC(=O)CCCCCCC/C=C\C/C=C\CC. The number of unbranched alkanes of at least 4 members (excludes halogenated alkanes) is 14. The smallest absolute Gasteiger partial charge is 0.306 e. The Morgan fingerprint density at radius 1 is 0.373 bits per heavy atom. The molecule has 0 saturated heterocycles. The molecule has 0 heterocycles. The summed E-state index contributed by atoms with van der Waals surface area (Å²) >= 11 is 0. The van der Waals surface area contributed by atoms with Crippen LogP contribution in [0.15, 0.2) is 122 Å². The molecule has 330 valence electrons. The highest BCUT2D eigenvalue weighted by molar-refractivity contribution is 5.71. The van der Waals surface area contributed by atoms with Crippen LogP contribution in [0, 0.1) is 0 Å². The van der Waals surface area contributed by atoms with Gasteiger partial charge in [0.05, 0.1) is 0 Å². The fraction of sp³-hybridized carbons (Fsp3) is 0.566. The first-order valence-electron chi connectivity index (χ1n) is 23.1. The lowest BCUT2D eigenvalue weighted by Gasteiger charge is -2.18. The maximum Gasteiger partial charge on any atom is 0.306 e. The highest BCUT2D eigenvalue weighted by atomic mass is 16.6. The highest BCUT2D eigenvalue weighted by Crippen LogP contribution is 2.12. The number of carbonyl (C=O) groups is 3. The second-order valence-corrected chi connectivity index (χ2v) is 14.7. The van der Waals surface area contributed by atoms with Crippen molar-refractivity contribution in [1.82, 2.24) is 0 Å². The van der Waals surface area contributed by atoms with Gasteiger partial charge < -0.3 is 14.2 Å². The van der Waals surface area contributed by atoms with E-state index < -0.39 is 6.10 Å². The van der Waals surface area contributed by atoms with Gasteiger partial charge in [0.25, 0.3) is 0 Å². The van der Waals surface area contributed by atoms with Crippen molar-refractivity contribution in [2.45, 2.75) is 181 Å². The van der Waals surface area contributed by atoms with Crippen LogP contribution in [0.1, 0.15) is 175 Å². The summed E-state index contributed by atoms with van der Waals surface area (Å²) in [5.41, 5.74) is 0. The van der Waals surface area contributed by atoms with Gasteiger partial charge in [-0.25, -0.2) is 0 Å². The van der Waals surface area contributed by atoms with Crippen LogP contribution in [0.3, 0.4) is 0 Å². The average Bonchev–Trinajstić information content (AvgIpc) is 3.23. The minimum atomic E-state index is -0.810. The van der Waals surface area contributed by atoms with Crippen LogP contribution >= 0.6 is 0 Å². The molecule has 0 amide bonds. The summed E-state index contributed by atoms with van der Waals surface area (Å²) in [7, 11) is 0. The van der Waals surface area contributed by atoms with Gasteiger partial charge >= 0.3 is 17.9 Å². The lowest BCUT2D eigenvalue weighted by atomic mass is 10.1. The van der Waals surface area contributed by atoms with E-state index in [4.69, 9.17) is 14.2 Å². The van der Waals surface area contributed by atoms with Crippen molar-refractivity contribution in [2.24, 2.45) is 0 Å². The molecule has 0 spiro atoms. The van der Waals surface area contributed by atoms with Crippen molar-refractivity contribution in [2.75, 3.05) is 13.2 Å². The Bertz CT molecular complexity index is 1300. The molecule has 0 saturated carbocycles. The monoisotopic (exact) mass is 815 g/mol. The maximum atomic E-state index is 12.7. The van der Waals surface area contributed by atoms with Crippen molar-refractivity contribution in [3.8, 4) is 0 Å². The molecule has 0 aromatic rings. The van der Waals surface area contributed by atoms with E-state index in [0.29, 0.717) is 19.3 Å². The Hall–Kier alpha value is -4.19. The van der Waals surface area contributed by atoms with E-state index in [0.717, 1.165) is 122 Å². The minimum Gasteiger partial charge on any atom is -0.462 e. The summed E-state index contributed by atoms with van der Waals surface area (Å²) in [4.78, 5) is 37.7. The van der Waals surface area contributed by atoms with Gasteiger partial charge in [0.15, 0.2) is 6.10 Å². The van der Waals surface area contributed by atoms with E-state index >= 15 is 0 Å². The van der Waals surface area contributed by atoms with Gasteiger partial charge in [0.2, 0.25) is 0 Å². The first-order chi connectivity index (χ1) is 29.0. The summed E-state index contributed by atoms with van der Waals surface area (Å²) in [6.45, 7) is 6.24. The summed E-state index contributed by atoms with van der Waals surface area (Å²) in [5.74, 6) is -0.998. The van der Waals surface area contributed by atoms with E-state index in [-0.39, 0.29) is 31.1 Å². The number of hydrogen-bond donors (Lipinski definition) is 0. The third kappa shape index (κ3) is 44.8. The predicted octanol–water partition coefficient (Wildman–Crippen LogP) is 15.0. The van der Waals surface area contributed by atoms with Crippen LogP contribution in [0.4, 0.5) is 0 Å². The minimum absolute atomic E-state index is 0.109. The number of ether oxygens (including phenoxy) is 3. The zero-order valence-electron chi connectivity index (χ0n) is 37.5. The Morgan fingerprint density at radius 3 is 1.25 bits per heavy atom. The maximum absolute atomic E-state index is 12.7. The van der Waals surface area contributed by atoms with Gasteiger partial charge in [0, 0.05) is 19.3 Å². The highest BCUT2D eigenvalue weighted by Gasteiger charge is 2.19. The lowest BCUT2D eigenvalue weighted by Crippen LogP contribution is -2.30. The Balaban J connectivity index is 4.52. The third-order valence-corrected chi connectivity index (χ3v) is 9.13. The van der Waals surface area contributed by atoms with Gasteiger partial charge in [-0.05, 0) is 83.5 Å². The molecule has 0 bridgehead atoms. The molecule has 0 aliphatic heterocycles. The second-order valence-electron chi connectivity index (χ2n) is 14.7. The molecular formula is C53H82O6. The van der Waals surface area contributed by atoms with Gasteiger partial charge in [0.1, 0.15) is 13.2 Å². The Morgan fingerprint density at radius 2 is 0.746 bits per heavy atom. The summed E-state index contributed by atoms with van der Waals surface area (Å²) in [6.07, 6.45) is 63.2. The number of hydrogen-bond acceptors (Lipinski definition) is 6. The predicted molar refractivity (Wildman–Crippen MR) is 251 cm³/mol. The molecule has 0 aliphatic carbocycles. The van der Waals surface area contributed by atoms with E-state index in [2.05, 4.69) is 69.4 Å². The van der Waals surface area contributed by atoms with Crippen LogP contribution in [-0.4, -0.2) is 37.2 Å². The third-order valence-electron chi connectivity index (χ3n) is 9.13. The van der Waals surface area contributed by atoms with Crippen LogP contribution in [0.2, 0.25) is 0 Å². The number of esters is 3. The van der Waals surface area contributed by atoms with Crippen LogP contribution in [0.25, 0.3) is 0 Å². The molecule has 1 atom stereocenters. The van der Waals surface area contributed by atoms with Gasteiger partial charge in [-0.15, -0.1) is 0 Å². The Labute approximate surface area is 361 Å². The van der Waals surface area contributed by atoms with Gasteiger partial charge in [-0.2, -0.15) is 0 Å². The normalized spacial score (nSPS) is 13.2. The van der Waals surface area contributed by atoms with Crippen molar-refractivity contribution in [1.29, 1.82) is 0 Å². The summed E-state index contributed by atoms with van der Waals surface area (Å²) < 4.78 is 16.6. The second kappa shape index (κ2) is 46.5. The Kier molecular flexibility index (Phi) is 43.2. The molecule has 6 nitrogen and oxygen atoms in total.